The highest BCUT2D eigenvalue weighted by Crippen LogP contribution is 2.29. The second-order valence-electron chi connectivity index (χ2n) is 4.45. The topological polar surface area (TPSA) is 21.3 Å². The predicted molar refractivity (Wildman–Crippen MR) is 68.0 cm³/mol. The lowest BCUT2D eigenvalue weighted by atomic mass is 10.1. The number of thioether (sulfide) groups is 1. The Morgan fingerprint density at radius 2 is 2.31 bits per heavy atom. The van der Waals surface area contributed by atoms with E-state index in [1.54, 1.807) is 0 Å². The minimum atomic E-state index is 0.422. The van der Waals surface area contributed by atoms with Crippen molar-refractivity contribution in [3.05, 3.63) is 29.3 Å². The molecule has 1 saturated heterocycles. The highest BCUT2D eigenvalue weighted by molar-refractivity contribution is 7.99. The van der Waals surface area contributed by atoms with Gasteiger partial charge >= 0.3 is 0 Å². The van der Waals surface area contributed by atoms with Gasteiger partial charge in [0.2, 0.25) is 0 Å². The van der Waals surface area contributed by atoms with Crippen molar-refractivity contribution < 1.29 is 4.74 Å². The molecule has 2 aliphatic heterocycles. The lowest BCUT2D eigenvalue weighted by molar-refractivity contribution is 0.209. The van der Waals surface area contributed by atoms with E-state index in [2.05, 4.69) is 23.5 Å². The molecule has 2 heterocycles. The number of nitrogens with one attached hydrogen (secondary N) is 1. The van der Waals surface area contributed by atoms with E-state index in [0.29, 0.717) is 6.10 Å². The first-order valence-electron chi connectivity index (χ1n) is 5.99. The lowest BCUT2D eigenvalue weighted by Gasteiger charge is -2.23. The minimum Gasteiger partial charge on any atom is -0.489 e. The Labute approximate surface area is 101 Å². The molecule has 86 valence electrons. The molecule has 1 aromatic rings. The van der Waals surface area contributed by atoms with Crippen LogP contribution in [0.3, 0.4) is 0 Å². The Hall–Kier alpha value is -0.670. The number of ether oxygens (including phenoxy) is 1. The standard InChI is InChI=1S/C13H17NOS/c1-3-10-7-14-8-12(10)13(5-1)15-11-4-2-6-16-9-11/h1,3,5,11,14H,2,4,6-9H2. The smallest absolute Gasteiger partial charge is 0.124 e. The van der Waals surface area contributed by atoms with Crippen LogP contribution in [0, 0.1) is 0 Å². The van der Waals surface area contributed by atoms with Crippen LogP contribution in [0.25, 0.3) is 0 Å². The van der Waals surface area contributed by atoms with Gasteiger partial charge in [0, 0.05) is 24.4 Å². The van der Waals surface area contributed by atoms with Gasteiger partial charge in [0.25, 0.3) is 0 Å². The maximum absolute atomic E-state index is 6.14. The molecule has 0 spiro atoms. The summed E-state index contributed by atoms with van der Waals surface area (Å²) in [4.78, 5) is 0. The van der Waals surface area contributed by atoms with Gasteiger partial charge in [0.15, 0.2) is 0 Å². The predicted octanol–water partition coefficient (Wildman–Crippen LogP) is 2.56. The van der Waals surface area contributed by atoms with E-state index in [1.807, 2.05) is 11.8 Å². The first-order valence-corrected chi connectivity index (χ1v) is 7.15. The zero-order valence-corrected chi connectivity index (χ0v) is 10.2. The van der Waals surface area contributed by atoms with Gasteiger partial charge in [-0.25, -0.2) is 0 Å². The van der Waals surface area contributed by atoms with Gasteiger partial charge in [0.05, 0.1) is 0 Å². The summed E-state index contributed by atoms with van der Waals surface area (Å²) >= 11 is 2.01. The molecule has 1 unspecified atom stereocenters. The summed E-state index contributed by atoms with van der Waals surface area (Å²) in [7, 11) is 0. The molecular weight excluding hydrogens is 218 g/mol. The van der Waals surface area contributed by atoms with Crippen LogP contribution in [0.5, 0.6) is 5.75 Å². The van der Waals surface area contributed by atoms with E-state index < -0.39 is 0 Å². The first-order chi connectivity index (χ1) is 7.93. The van der Waals surface area contributed by atoms with Gasteiger partial charge in [-0.1, -0.05) is 12.1 Å². The van der Waals surface area contributed by atoms with Crippen LogP contribution >= 0.6 is 11.8 Å². The molecule has 3 rings (SSSR count). The van der Waals surface area contributed by atoms with Crippen molar-refractivity contribution in [2.45, 2.75) is 32.0 Å². The summed E-state index contributed by atoms with van der Waals surface area (Å²) in [6.07, 6.45) is 2.93. The fourth-order valence-electron chi connectivity index (χ4n) is 2.39. The molecule has 2 nitrogen and oxygen atoms in total. The Morgan fingerprint density at radius 1 is 1.31 bits per heavy atom. The Bertz CT molecular complexity index is 374. The molecule has 2 aliphatic rings. The average Bonchev–Trinajstić information content (AvgIpc) is 2.80. The molecule has 1 aromatic carbocycles. The van der Waals surface area contributed by atoms with Crippen LogP contribution in [0.1, 0.15) is 24.0 Å². The zero-order chi connectivity index (χ0) is 10.8. The first kappa shape index (κ1) is 10.5. The zero-order valence-electron chi connectivity index (χ0n) is 9.37. The minimum absolute atomic E-state index is 0.422. The highest BCUT2D eigenvalue weighted by atomic mass is 32.2. The molecule has 1 fully saturated rings. The SMILES string of the molecule is c1cc2c(c(OC3CCCSC3)c1)CNC2. The monoisotopic (exact) mass is 235 g/mol. The normalized spacial score (nSPS) is 24.1. The fraction of sp³-hybridized carbons (Fsp3) is 0.538. The number of hydrogen-bond donors (Lipinski definition) is 1. The van der Waals surface area contributed by atoms with Gasteiger partial charge in [-0.05, 0) is 30.2 Å². The summed E-state index contributed by atoms with van der Waals surface area (Å²) in [5.74, 6) is 3.56. The van der Waals surface area contributed by atoms with E-state index in [4.69, 9.17) is 4.74 Å². The molecule has 16 heavy (non-hydrogen) atoms. The molecule has 0 aliphatic carbocycles. The summed E-state index contributed by atoms with van der Waals surface area (Å²) in [6, 6.07) is 6.42. The lowest BCUT2D eigenvalue weighted by Crippen LogP contribution is -2.23. The van der Waals surface area contributed by atoms with Gasteiger partial charge < -0.3 is 10.1 Å². The van der Waals surface area contributed by atoms with Crippen LogP contribution in [-0.2, 0) is 13.1 Å². The second-order valence-corrected chi connectivity index (χ2v) is 5.60. The number of rotatable bonds is 2. The third-order valence-electron chi connectivity index (χ3n) is 3.26. The molecule has 0 radical (unpaired) electrons. The summed E-state index contributed by atoms with van der Waals surface area (Å²) in [6.45, 7) is 1.96. The summed E-state index contributed by atoms with van der Waals surface area (Å²) in [5, 5.41) is 3.38. The summed E-state index contributed by atoms with van der Waals surface area (Å²) in [5.41, 5.74) is 2.78. The van der Waals surface area contributed by atoms with Crippen molar-refractivity contribution in [3.8, 4) is 5.75 Å². The van der Waals surface area contributed by atoms with Crippen LogP contribution in [0.4, 0.5) is 0 Å². The Balaban J connectivity index is 1.76. The summed E-state index contributed by atoms with van der Waals surface area (Å²) < 4.78 is 6.14. The molecule has 0 bridgehead atoms. The second kappa shape index (κ2) is 4.68. The van der Waals surface area contributed by atoms with Crippen molar-refractivity contribution in [2.75, 3.05) is 11.5 Å². The molecular formula is C13H17NOS. The van der Waals surface area contributed by atoms with Crippen molar-refractivity contribution in [1.29, 1.82) is 0 Å². The van der Waals surface area contributed by atoms with E-state index in [0.717, 1.165) is 24.6 Å². The number of fused-ring (bicyclic) bond motifs is 1. The Kier molecular flexibility index (Phi) is 3.06. The number of hydrogen-bond acceptors (Lipinski definition) is 3. The maximum atomic E-state index is 6.14. The third kappa shape index (κ3) is 2.06. The Morgan fingerprint density at radius 3 is 3.19 bits per heavy atom. The van der Waals surface area contributed by atoms with Gasteiger partial charge in [-0.2, -0.15) is 11.8 Å². The highest BCUT2D eigenvalue weighted by Gasteiger charge is 2.19. The third-order valence-corrected chi connectivity index (χ3v) is 4.44. The van der Waals surface area contributed by atoms with Crippen molar-refractivity contribution in [1.82, 2.24) is 5.32 Å². The van der Waals surface area contributed by atoms with Gasteiger partial charge in [0.1, 0.15) is 11.9 Å². The van der Waals surface area contributed by atoms with Crippen LogP contribution in [0.15, 0.2) is 18.2 Å². The van der Waals surface area contributed by atoms with Crippen molar-refractivity contribution in [2.24, 2.45) is 0 Å². The van der Waals surface area contributed by atoms with E-state index in [9.17, 15) is 0 Å². The maximum Gasteiger partial charge on any atom is 0.124 e. The van der Waals surface area contributed by atoms with E-state index >= 15 is 0 Å². The van der Waals surface area contributed by atoms with E-state index in [-0.39, 0.29) is 0 Å². The fourth-order valence-corrected chi connectivity index (χ4v) is 3.43. The molecule has 0 aromatic heterocycles. The van der Waals surface area contributed by atoms with Crippen molar-refractivity contribution in [3.63, 3.8) is 0 Å². The van der Waals surface area contributed by atoms with Crippen LogP contribution < -0.4 is 10.1 Å². The molecule has 1 atom stereocenters. The average molecular weight is 235 g/mol. The van der Waals surface area contributed by atoms with Crippen LogP contribution in [0.2, 0.25) is 0 Å². The number of benzene rings is 1. The van der Waals surface area contributed by atoms with Crippen molar-refractivity contribution >= 4 is 11.8 Å². The quantitative estimate of drug-likeness (QED) is 0.851. The van der Waals surface area contributed by atoms with Gasteiger partial charge in [-0.3, -0.25) is 0 Å². The molecule has 0 saturated carbocycles. The van der Waals surface area contributed by atoms with Gasteiger partial charge in [-0.15, -0.1) is 0 Å². The van der Waals surface area contributed by atoms with Crippen LogP contribution in [-0.4, -0.2) is 17.6 Å². The molecule has 0 amide bonds. The molecule has 1 N–H and O–H groups in total. The largest absolute Gasteiger partial charge is 0.489 e. The molecule has 3 heteroatoms. The van der Waals surface area contributed by atoms with E-state index in [1.165, 1.54) is 29.7 Å².